The number of carbonyl (C=O) groups excluding carboxylic acids is 2. The number of hydrogen-bond acceptors (Lipinski definition) is 4. The molecule has 0 bridgehead atoms. The highest BCUT2D eigenvalue weighted by molar-refractivity contribution is 5.99. The van der Waals surface area contributed by atoms with Crippen molar-refractivity contribution < 1.29 is 19.4 Å². The Morgan fingerprint density at radius 3 is 2.62 bits per heavy atom. The Labute approximate surface area is 191 Å². The first kappa shape index (κ1) is 21.9. The van der Waals surface area contributed by atoms with Gasteiger partial charge in [-0.05, 0) is 83.6 Å². The average Bonchev–Trinajstić information content (AvgIpc) is 3.10. The molecule has 172 valence electrons. The fourth-order valence-electron chi connectivity index (χ4n) is 7.80. The number of fused-ring (bicyclic) bond motifs is 4. The van der Waals surface area contributed by atoms with Crippen LogP contribution in [0.2, 0.25) is 0 Å². The predicted octanol–water partition coefficient (Wildman–Crippen LogP) is 5.38. The summed E-state index contributed by atoms with van der Waals surface area (Å²) in [6, 6.07) is 0. The molecule has 1 heterocycles. The molecule has 0 radical (unpaired) electrons. The van der Waals surface area contributed by atoms with Crippen LogP contribution in [0.25, 0.3) is 0 Å². The van der Waals surface area contributed by atoms with Gasteiger partial charge < -0.3 is 9.84 Å². The SMILES string of the molecule is CC1=C(C)C(=O)O[C@@H]([C@](C)(O)[C@H]2CCC3=C4CC=C5CC=CC(=O)[C@]5(C)[C@H]4CC[C@]32C)C1. The summed E-state index contributed by atoms with van der Waals surface area (Å²) in [5.74, 6) is 0.246. The van der Waals surface area contributed by atoms with Gasteiger partial charge in [-0.15, -0.1) is 0 Å². The highest BCUT2D eigenvalue weighted by Crippen LogP contribution is 2.64. The zero-order valence-corrected chi connectivity index (χ0v) is 20.1. The first-order valence-corrected chi connectivity index (χ1v) is 12.2. The van der Waals surface area contributed by atoms with Crippen LogP contribution in [0.3, 0.4) is 0 Å². The van der Waals surface area contributed by atoms with E-state index in [0.717, 1.165) is 44.1 Å². The van der Waals surface area contributed by atoms with E-state index >= 15 is 0 Å². The third kappa shape index (κ3) is 2.77. The van der Waals surface area contributed by atoms with Gasteiger partial charge in [0.05, 0.1) is 5.41 Å². The standard InChI is InChI=1S/C28H36O4/c1-16-15-24(32-25(30)17(16)2)28(5,31)22-12-11-20-19-10-9-18-7-6-8-23(29)27(18,4)21(19)13-14-26(20,22)3/h6,8-9,21-22,24,31H,7,10-15H2,1-5H3/t21-,22-,24+,26+,27-,28+/m0/s1. The first-order valence-electron chi connectivity index (χ1n) is 12.2. The molecule has 1 aliphatic heterocycles. The molecule has 32 heavy (non-hydrogen) atoms. The summed E-state index contributed by atoms with van der Waals surface area (Å²) in [6.45, 7) is 10.1. The van der Waals surface area contributed by atoms with E-state index in [4.69, 9.17) is 4.74 Å². The van der Waals surface area contributed by atoms with E-state index in [1.807, 2.05) is 19.9 Å². The number of hydrogen-bond donors (Lipinski definition) is 1. The number of esters is 1. The summed E-state index contributed by atoms with van der Waals surface area (Å²) in [7, 11) is 0. The molecule has 1 N–H and O–H groups in total. The third-order valence-corrected chi connectivity index (χ3v) is 10.00. The molecule has 5 aliphatic rings. The monoisotopic (exact) mass is 436 g/mol. The van der Waals surface area contributed by atoms with Gasteiger partial charge in [0.25, 0.3) is 0 Å². The number of ether oxygens (including phenoxy) is 1. The Hall–Kier alpha value is -1.94. The lowest BCUT2D eigenvalue weighted by atomic mass is 9.52. The molecule has 4 aliphatic carbocycles. The first-order chi connectivity index (χ1) is 15.0. The smallest absolute Gasteiger partial charge is 0.334 e. The van der Waals surface area contributed by atoms with E-state index in [1.165, 1.54) is 16.7 Å². The maximum Gasteiger partial charge on any atom is 0.334 e. The molecule has 0 saturated heterocycles. The Balaban J connectivity index is 1.51. The van der Waals surface area contributed by atoms with Crippen LogP contribution in [-0.4, -0.2) is 28.6 Å². The van der Waals surface area contributed by atoms with Gasteiger partial charge >= 0.3 is 5.97 Å². The van der Waals surface area contributed by atoms with Crippen molar-refractivity contribution in [2.24, 2.45) is 22.7 Å². The van der Waals surface area contributed by atoms with Gasteiger partial charge in [0, 0.05) is 17.9 Å². The van der Waals surface area contributed by atoms with E-state index in [2.05, 4.69) is 19.9 Å². The normalized spacial score (nSPS) is 40.9. The minimum absolute atomic E-state index is 0.0302. The second-order valence-corrected chi connectivity index (χ2v) is 11.4. The summed E-state index contributed by atoms with van der Waals surface area (Å²) in [4.78, 5) is 25.4. The lowest BCUT2D eigenvalue weighted by molar-refractivity contribution is -0.175. The highest BCUT2D eigenvalue weighted by Gasteiger charge is 2.59. The van der Waals surface area contributed by atoms with Gasteiger partial charge in [-0.3, -0.25) is 4.79 Å². The Morgan fingerprint density at radius 1 is 1.16 bits per heavy atom. The Morgan fingerprint density at radius 2 is 1.91 bits per heavy atom. The molecule has 1 saturated carbocycles. The van der Waals surface area contributed by atoms with Crippen molar-refractivity contribution >= 4 is 11.8 Å². The predicted molar refractivity (Wildman–Crippen MR) is 124 cm³/mol. The van der Waals surface area contributed by atoms with Crippen LogP contribution in [0.5, 0.6) is 0 Å². The number of allylic oxidation sites excluding steroid dienone is 6. The van der Waals surface area contributed by atoms with Crippen molar-refractivity contribution in [1.29, 1.82) is 0 Å². The van der Waals surface area contributed by atoms with E-state index in [-0.39, 0.29) is 29.0 Å². The zero-order chi connectivity index (χ0) is 23.1. The summed E-state index contributed by atoms with van der Waals surface area (Å²) < 4.78 is 5.75. The van der Waals surface area contributed by atoms with E-state index in [9.17, 15) is 14.7 Å². The number of ketones is 1. The number of aliphatic hydroxyl groups is 1. The highest BCUT2D eigenvalue weighted by atomic mass is 16.6. The molecule has 0 aromatic heterocycles. The second kappa shape index (κ2) is 7.03. The fourth-order valence-corrected chi connectivity index (χ4v) is 7.80. The summed E-state index contributed by atoms with van der Waals surface area (Å²) in [6.07, 6.45) is 11.8. The third-order valence-electron chi connectivity index (χ3n) is 10.00. The lowest BCUT2D eigenvalue weighted by Crippen LogP contribution is -2.54. The van der Waals surface area contributed by atoms with E-state index < -0.39 is 17.1 Å². The van der Waals surface area contributed by atoms with Crippen molar-refractivity contribution in [1.82, 2.24) is 0 Å². The maximum absolute atomic E-state index is 13.1. The quantitative estimate of drug-likeness (QED) is 0.466. The van der Waals surface area contributed by atoms with Crippen LogP contribution >= 0.6 is 0 Å². The maximum atomic E-state index is 13.1. The van der Waals surface area contributed by atoms with Gasteiger partial charge in [-0.1, -0.05) is 41.4 Å². The van der Waals surface area contributed by atoms with Crippen molar-refractivity contribution in [3.8, 4) is 0 Å². The van der Waals surface area contributed by atoms with E-state index in [1.54, 1.807) is 13.0 Å². The van der Waals surface area contributed by atoms with Crippen molar-refractivity contribution in [2.75, 3.05) is 0 Å². The van der Waals surface area contributed by atoms with Crippen LogP contribution in [0.1, 0.15) is 79.6 Å². The van der Waals surface area contributed by atoms with Gasteiger partial charge in [0.2, 0.25) is 0 Å². The molecule has 4 nitrogen and oxygen atoms in total. The molecule has 5 rings (SSSR count). The zero-order valence-electron chi connectivity index (χ0n) is 20.1. The number of cyclic esters (lactones) is 1. The van der Waals surface area contributed by atoms with Crippen LogP contribution < -0.4 is 0 Å². The van der Waals surface area contributed by atoms with Gasteiger partial charge in [-0.25, -0.2) is 4.79 Å². The number of carbonyl (C=O) groups is 2. The van der Waals surface area contributed by atoms with Crippen LogP contribution in [0.4, 0.5) is 0 Å². The largest absolute Gasteiger partial charge is 0.456 e. The van der Waals surface area contributed by atoms with Crippen molar-refractivity contribution in [3.05, 3.63) is 46.1 Å². The lowest BCUT2D eigenvalue weighted by Gasteiger charge is -2.52. The van der Waals surface area contributed by atoms with Crippen LogP contribution in [-0.2, 0) is 14.3 Å². The topological polar surface area (TPSA) is 63.6 Å². The van der Waals surface area contributed by atoms with Gasteiger partial charge in [-0.2, -0.15) is 0 Å². The molecule has 0 unspecified atom stereocenters. The molecule has 0 aromatic rings. The molecule has 0 amide bonds. The van der Waals surface area contributed by atoms with Crippen molar-refractivity contribution in [3.63, 3.8) is 0 Å². The van der Waals surface area contributed by atoms with Gasteiger partial charge in [0.1, 0.15) is 11.7 Å². The Bertz CT molecular complexity index is 1020. The average molecular weight is 437 g/mol. The molecular formula is C28H36O4. The summed E-state index contributed by atoms with van der Waals surface area (Å²) in [5, 5.41) is 11.8. The van der Waals surface area contributed by atoms with Crippen molar-refractivity contribution in [2.45, 2.75) is 91.3 Å². The van der Waals surface area contributed by atoms with Gasteiger partial charge in [0.15, 0.2) is 5.78 Å². The summed E-state index contributed by atoms with van der Waals surface area (Å²) >= 11 is 0. The molecular weight excluding hydrogens is 400 g/mol. The summed E-state index contributed by atoms with van der Waals surface area (Å²) in [5.41, 5.74) is 4.25. The van der Waals surface area contributed by atoms with E-state index in [0.29, 0.717) is 12.0 Å². The van der Waals surface area contributed by atoms with Crippen LogP contribution in [0.15, 0.2) is 46.1 Å². The molecule has 1 fully saturated rings. The molecule has 6 atom stereocenters. The minimum atomic E-state index is -1.09. The molecule has 4 heteroatoms. The number of rotatable bonds is 2. The minimum Gasteiger partial charge on any atom is -0.456 e. The second-order valence-electron chi connectivity index (χ2n) is 11.4. The van der Waals surface area contributed by atoms with Crippen LogP contribution in [0, 0.1) is 22.7 Å². The molecule has 0 spiro atoms. The molecule has 0 aromatic carbocycles. The Kier molecular flexibility index (Phi) is 4.81. The fraction of sp³-hybridized carbons (Fsp3) is 0.643.